The first-order valence-corrected chi connectivity index (χ1v) is 4.62. The quantitative estimate of drug-likeness (QED) is 0.733. The lowest BCUT2D eigenvalue weighted by Crippen LogP contribution is -2.22. The normalized spacial score (nSPS) is 10.7. The van der Waals surface area contributed by atoms with Gasteiger partial charge < -0.3 is 5.73 Å². The van der Waals surface area contributed by atoms with Crippen LogP contribution < -0.4 is 11.4 Å². The molecule has 0 spiro atoms. The van der Waals surface area contributed by atoms with E-state index < -0.39 is 11.5 Å². The highest BCUT2D eigenvalue weighted by atomic mass is 35.5. The van der Waals surface area contributed by atoms with Crippen LogP contribution in [0.4, 0.5) is 10.1 Å². The van der Waals surface area contributed by atoms with Crippen molar-refractivity contribution < 1.29 is 4.39 Å². The van der Waals surface area contributed by atoms with Crippen LogP contribution in [0.15, 0.2) is 16.9 Å². The molecule has 0 aliphatic rings. The summed E-state index contributed by atoms with van der Waals surface area (Å²) in [5, 5.41) is 7.12. The van der Waals surface area contributed by atoms with E-state index in [0.29, 0.717) is 0 Å². The molecule has 2 rings (SSSR count). The molecule has 0 amide bonds. The van der Waals surface area contributed by atoms with Gasteiger partial charge in [0.05, 0.1) is 16.4 Å². The van der Waals surface area contributed by atoms with Crippen molar-refractivity contribution in [2.45, 2.75) is 0 Å². The van der Waals surface area contributed by atoms with Crippen molar-refractivity contribution in [2.24, 2.45) is 7.05 Å². The number of halogens is 2. The Labute approximate surface area is 94.0 Å². The number of nitrogen functional groups attached to an aromatic ring is 1. The molecule has 2 aromatic rings. The van der Waals surface area contributed by atoms with Crippen LogP contribution in [0.1, 0.15) is 0 Å². The van der Waals surface area contributed by atoms with E-state index >= 15 is 0 Å². The fourth-order valence-corrected chi connectivity index (χ4v) is 1.41. The Morgan fingerprint density at radius 3 is 2.69 bits per heavy atom. The lowest BCUT2D eigenvalue weighted by Gasteiger charge is -2.04. The first-order valence-electron chi connectivity index (χ1n) is 4.24. The molecule has 2 N–H and O–H groups in total. The van der Waals surface area contributed by atoms with Crippen LogP contribution in [0, 0.1) is 5.82 Å². The van der Waals surface area contributed by atoms with E-state index in [9.17, 15) is 9.18 Å². The number of hydrogen-bond acceptors (Lipinski definition) is 4. The number of rotatable bonds is 1. The van der Waals surface area contributed by atoms with Gasteiger partial charge >= 0.3 is 5.69 Å². The summed E-state index contributed by atoms with van der Waals surface area (Å²) < 4.78 is 15.0. The molecule has 0 radical (unpaired) electrons. The maximum atomic E-state index is 13.0. The Hall–Kier alpha value is -1.89. The summed E-state index contributed by atoms with van der Waals surface area (Å²) in [4.78, 5) is 11.5. The van der Waals surface area contributed by atoms with Gasteiger partial charge in [0.15, 0.2) is 0 Å². The van der Waals surface area contributed by atoms with Gasteiger partial charge in [-0.3, -0.25) is 0 Å². The molecule has 0 aliphatic heterocycles. The summed E-state index contributed by atoms with van der Waals surface area (Å²) in [6.45, 7) is 0. The van der Waals surface area contributed by atoms with Gasteiger partial charge in [0.2, 0.25) is 0 Å². The van der Waals surface area contributed by atoms with Crippen molar-refractivity contribution in [3.05, 3.63) is 33.5 Å². The zero-order chi connectivity index (χ0) is 11.9. The molecule has 1 aromatic heterocycles. The fourth-order valence-electron chi connectivity index (χ4n) is 1.18. The van der Waals surface area contributed by atoms with E-state index in [4.69, 9.17) is 17.3 Å². The smallest absolute Gasteiger partial charge is 0.368 e. The number of tetrazole rings is 1. The van der Waals surface area contributed by atoms with Crippen LogP contribution in [0.5, 0.6) is 0 Å². The molecule has 1 aromatic carbocycles. The van der Waals surface area contributed by atoms with Crippen molar-refractivity contribution in [3.63, 3.8) is 0 Å². The highest BCUT2D eigenvalue weighted by Gasteiger charge is 2.12. The van der Waals surface area contributed by atoms with Crippen LogP contribution in [0.25, 0.3) is 5.69 Å². The second-order valence-electron chi connectivity index (χ2n) is 3.12. The Kier molecular flexibility index (Phi) is 2.39. The molecule has 0 bridgehead atoms. The molecule has 8 heteroatoms. The average molecular weight is 244 g/mol. The van der Waals surface area contributed by atoms with Crippen molar-refractivity contribution in [3.8, 4) is 5.69 Å². The largest absolute Gasteiger partial charge is 0.396 e. The summed E-state index contributed by atoms with van der Waals surface area (Å²) >= 11 is 5.78. The van der Waals surface area contributed by atoms with Crippen LogP contribution in [0.3, 0.4) is 0 Å². The number of hydrogen-bond donors (Lipinski definition) is 1. The standard InChI is InChI=1S/C8H7ClFN5O/c1-14-8(16)15(13-12-14)7-3-6(11)5(10)2-4(7)9/h2-3H,11H2,1H3. The molecule has 0 unspecified atom stereocenters. The zero-order valence-electron chi connectivity index (χ0n) is 8.19. The van der Waals surface area contributed by atoms with Gasteiger partial charge in [-0.2, -0.15) is 9.36 Å². The summed E-state index contributed by atoms with van der Waals surface area (Å²) in [5.41, 5.74) is 4.97. The van der Waals surface area contributed by atoms with Gasteiger partial charge in [-0.25, -0.2) is 9.18 Å². The van der Waals surface area contributed by atoms with Gasteiger partial charge in [0.1, 0.15) is 5.82 Å². The van der Waals surface area contributed by atoms with E-state index in [0.717, 1.165) is 15.4 Å². The summed E-state index contributed by atoms with van der Waals surface area (Å²) in [7, 11) is 1.44. The Morgan fingerprint density at radius 1 is 1.44 bits per heavy atom. The number of aromatic nitrogens is 4. The highest BCUT2D eigenvalue weighted by Crippen LogP contribution is 2.23. The van der Waals surface area contributed by atoms with Gasteiger partial charge in [0, 0.05) is 7.05 Å². The summed E-state index contributed by atoms with van der Waals surface area (Å²) in [5.74, 6) is -0.648. The van der Waals surface area contributed by atoms with Crippen LogP contribution >= 0.6 is 11.6 Å². The zero-order valence-corrected chi connectivity index (χ0v) is 8.94. The van der Waals surface area contributed by atoms with Gasteiger partial charge in [0.25, 0.3) is 0 Å². The predicted molar refractivity (Wildman–Crippen MR) is 56.0 cm³/mol. The molecule has 0 fully saturated rings. The number of aryl methyl sites for hydroxylation is 1. The number of nitrogens with zero attached hydrogens (tertiary/aromatic N) is 4. The predicted octanol–water partition coefficient (Wildman–Crippen LogP) is 0.341. The summed E-state index contributed by atoms with van der Waals surface area (Å²) in [6.07, 6.45) is 0. The third kappa shape index (κ3) is 1.54. The van der Waals surface area contributed by atoms with Gasteiger partial charge in [-0.1, -0.05) is 11.6 Å². The lowest BCUT2D eigenvalue weighted by molar-refractivity contribution is 0.631. The van der Waals surface area contributed by atoms with Crippen LogP contribution in [-0.4, -0.2) is 19.8 Å². The average Bonchev–Trinajstić information content (AvgIpc) is 2.54. The molecular formula is C8H7ClFN5O. The van der Waals surface area contributed by atoms with Gasteiger partial charge in [-0.15, -0.1) is 0 Å². The molecular weight excluding hydrogens is 237 g/mol. The SMILES string of the molecule is Cn1nnn(-c2cc(N)c(F)cc2Cl)c1=O. The Bertz CT molecular complexity index is 605. The minimum absolute atomic E-state index is 0.0364. The molecule has 6 nitrogen and oxygen atoms in total. The van der Waals surface area contributed by atoms with E-state index in [1.54, 1.807) is 0 Å². The molecule has 1 heterocycles. The third-order valence-corrected chi connectivity index (χ3v) is 2.32. The molecule has 0 aliphatic carbocycles. The van der Waals surface area contributed by atoms with Crippen LogP contribution in [0.2, 0.25) is 5.02 Å². The third-order valence-electron chi connectivity index (χ3n) is 2.02. The minimum Gasteiger partial charge on any atom is -0.396 e. The van der Waals surface area contributed by atoms with E-state index in [-0.39, 0.29) is 16.4 Å². The molecule has 0 saturated heterocycles. The summed E-state index contributed by atoms with van der Waals surface area (Å²) in [6, 6.07) is 2.25. The first-order chi connectivity index (χ1) is 7.50. The topological polar surface area (TPSA) is 78.7 Å². The number of benzene rings is 1. The second-order valence-corrected chi connectivity index (χ2v) is 3.53. The maximum Gasteiger partial charge on any atom is 0.368 e. The monoisotopic (exact) mass is 243 g/mol. The van der Waals surface area contributed by atoms with Crippen molar-refractivity contribution in [1.82, 2.24) is 19.8 Å². The lowest BCUT2D eigenvalue weighted by atomic mass is 10.2. The van der Waals surface area contributed by atoms with Crippen LogP contribution in [-0.2, 0) is 7.05 Å². The Morgan fingerprint density at radius 2 is 2.12 bits per heavy atom. The Balaban J connectivity index is 2.70. The number of anilines is 1. The van der Waals surface area contributed by atoms with E-state index in [1.807, 2.05) is 0 Å². The van der Waals surface area contributed by atoms with Crippen molar-refractivity contribution in [2.75, 3.05) is 5.73 Å². The first kappa shape index (κ1) is 10.6. The molecule has 0 atom stereocenters. The molecule has 16 heavy (non-hydrogen) atoms. The second kappa shape index (κ2) is 3.60. The maximum absolute atomic E-state index is 13.0. The van der Waals surface area contributed by atoms with Crippen molar-refractivity contribution >= 4 is 17.3 Å². The molecule has 84 valence electrons. The van der Waals surface area contributed by atoms with E-state index in [2.05, 4.69) is 10.4 Å². The fraction of sp³-hybridized carbons (Fsp3) is 0.125. The minimum atomic E-state index is -0.648. The van der Waals surface area contributed by atoms with E-state index in [1.165, 1.54) is 13.1 Å². The molecule has 0 saturated carbocycles. The van der Waals surface area contributed by atoms with Gasteiger partial charge in [-0.05, 0) is 22.6 Å². The number of nitrogens with two attached hydrogens (primary N) is 1. The van der Waals surface area contributed by atoms with Crippen molar-refractivity contribution in [1.29, 1.82) is 0 Å². The highest BCUT2D eigenvalue weighted by molar-refractivity contribution is 6.32.